The highest BCUT2D eigenvalue weighted by Gasteiger charge is 2.31. The van der Waals surface area contributed by atoms with Gasteiger partial charge in [0.2, 0.25) is 10.0 Å². The zero-order valence-electron chi connectivity index (χ0n) is 18.3. The van der Waals surface area contributed by atoms with E-state index in [0.29, 0.717) is 30.4 Å². The van der Waals surface area contributed by atoms with Crippen LogP contribution in [0.25, 0.3) is 0 Å². The van der Waals surface area contributed by atoms with Crippen LogP contribution in [0, 0.1) is 5.82 Å². The van der Waals surface area contributed by atoms with Gasteiger partial charge >= 0.3 is 12.0 Å². The van der Waals surface area contributed by atoms with Gasteiger partial charge in [-0.15, -0.1) is 0 Å². The zero-order chi connectivity index (χ0) is 25.6. The van der Waals surface area contributed by atoms with E-state index in [9.17, 15) is 32.3 Å². The first-order valence-corrected chi connectivity index (χ1v) is 11.7. The number of rotatable bonds is 8. The van der Waals surface area contributed by atoms with Crippen LogP contribution in [0.5, 0.6) is 11.5 Å². The Morgan fingerprint density at radius 1 is 1.09 bits per heavy atom. The van der Waals surface area contributed by atoms with Crippen LogP contribution in [0.4, 0.5) is 14.9 Å². The molecule has 14 heteroatoms. The molecular weight excluding hydrogens is 489 g/mol. The molecule has 0 aromatic heterocycles. The van der Waals surface area contributed by atoms with Gasteiger partial charge in [-0.3, -0.25) is 14.9 Å². The number of hydrogen-bond donors (Lipinski definition) is 4. The molecule has 2 aromatic carbocycles. The zero-order valence-corrected chi connectivity index (χ0v) is 19.1. The molecule has 3 rings (SSSR count). The molecule has 0 radical (unpaired) electrons. The van der Waals surface area contributed by atoms with E-state index in [1.54, 1.807) is 6.07 Å². The number of aliphatic hydroxyl groups excluding tert-OH is 1. The summed E-state index contributed by atoms with van der Waals surface area (Å²) in [7, 11) is -4.33. The fourth-order valence-electron chi connectivity index (χ4n) is 2.87. The van der Waals surface area contributed by atoms with Gasteiger partial charge in [-0.2, -0.15) is 4.72 Å². The highest BCUT2D eigenvalue weighted by atomic mass is 32.2. The molecule has 0 spiro atoms. The lowest BCUT2D eigenvalue weighted by molar-refractivity contribution is -0.152. The van der Waals surface area contributed by atoms with E-state index in [1.165, 1.54) is 12.1 Å². The predicted octanol–water partition coefficient (Wildman–Crippen LogP) is 0.516. The minimum Gasteiger partial charge on any atom is -0.486 e. The summed E-state index contributed by atoms with van der Waals surface area (Å²) in [5, 5.41) is 14.2. The average molecular weight is 511 g/mol. The molecule has 0 saturated heterocycles. The lowest BCUT2D eigenvalue weighted by Crippen LogP contribution is -2.49. The van der Waals surface area contributed by atoms with Crippen molar-refractivity contribution in [2.24, 2.45) is 0 Å². The molecule has 0 aliphatic carbocycles. The summed E-state index contributed by atoms with van der Waals surface area (Å²) in [6.45, 7) is 0.936. The van der Waals surface area contributed by atoms with Crippen molar-refractivity contribution >= 4 is 33.6 Å². The van der Waals surface area contributed by atoms with Crippen LogP contribution >= 0.6 is 0 Å². The number of aliphatic hydroxyl groups is 1. The summed E-state index contributed by atoms with van der Waals surface area (Å²) in [6.07, 6.45) is -1.54. The number of amides is 3. The molecule has 2 aromatic rings. The smallest absolute Gasteiger partial charge is 0.327 e. The summed E-state index contributed by atoms with van der Waals surface area (Å²) in [5.74, 6) is -2.03. The molecule has 0 saturated carbocycles. The van der Waals surface area contributed by atoms with E-state index in [0.717, 1.165) is 31.2 Å². The lowest BCUT2D eigenvalue weighted by Gasteiger charge is -2.20. The Labute approximate surface area is 199 Å². The number of sulfonamides is 1. The van der Waals surface area contributed by atoms with Gasteiger partial charge in [0.15, 0.2) is 18.1 Å². The molecule has 2 atom stereocenters. The molecule has 3 amide bonds. The molecule has 0 bridgehead atoms. The standard InChI is InChI=1S/C21H22FN3O9S/c1-12(26)19(25-35(30,31)15-5-2-13(22)3-6-15)20(28)34-11-18(27)24-21(29)23-14-4-7-16-17(10-14)33-9-8-32-16/h2-7,10,12,19,25-26H,8-9,11H2,1H3,(H2,23,24,27,29)/t12-,19-/m1/s1. The molecule has 0 unspecified atom stereocenters. The van der Waals surface area contributed by atoms with Gasteiger partial charge in [0.1, 0.15) is 25.1 Å². The second kappa shape index (κ2) is 11.1. The third kappa shape index (κ3) is 7.11. The number of anilines is 1. The van der Waals surface area contributed by atoms with E-state index in [4.69, 9.17) is 14.2 Å². The maximum absolute atomic E-state index is 13.0. The van der Waals surface area contributed by atoms with E-state index >= 15 is 0 Å². The van der Waals surface area contributed by atoms with Crippen molar-refractivity contribution in [1.29, 1.82) is 0 Å². The molecule has 188 valence electrons. The summed E-state index contributed by atoms with van der Waals surface area (Å²) >= 11 is 0. The van der Waals surface area contributed by atoms with Crippen molar-refractivity contribution in [2.45, 2.75) is 24.0 Å². The Hall–Kier alpha value is -3.75. The quantitative estimate of drug-likeness (QED) is 0.369. The van der Waals surface area contributed by atoms with Crippen molar-refractivity contribution in [2.75, 3.05) is 25.1 Å². The van der Waals surface area contributed by atoms with Crippen LogP contribution in [0.3, 0.4) is 0 Å². The number of nitrogens with one attached hydrogen (secondary N) is 3. The first-order chi connectivity index (χ1) is 16.5. The second-order valence-electron chi connectivity index (χ2n) is 7.26. The summed E-state index contributed by atoms with van der Waals surface area (Å²) < 4.78 is 55.3. The molecule has 1 aliphatic rings. The Kier molecular flexibility index (Phi) is 8.22. The molecule has 1 heterocycles. The van der Waals surface area contributed by atoms with Crippen molar-refractivity contribution in [3.8, 4) is 11.5 Å². The number of halogens is 1. The van der Waals surface area contributed by atoms with Gasteiger partial charge in [-0.25, -0.2) is 17.6 Å². The molecule has 12 nitrogen and oxygen atoms in total. The number of urea groups is 1. The topological polar surface area (TPSA) is 169 Å². The van der Waals surface area contributed by atoms with E-state index < -0.39 is 52.5 Å². The van der Waals surface area contributed by atoms with E-state index in [1.807, 2.05) is 10.0 Å². The first-order valence-electron chi connectivity index (χ1n) is 10.2. The highest BCUT2D eigenvalue weighted by Crippen LogP contribution is 2.32. The van der Waals surface area contributed by atoms with Crippen molar-refractivity contribution < 1.29 is 46.5 Å². The predicted molar refractivity (Wildman–Crippen MR) is 118 cm³/mol. The van der Waals surface area contributed by atoms with E-state index in [2.05, 4.69) is 5.32 Å². The minimum absolute atomic E-state index is 0.306. The molecule has 1 aliphatic heterocycles. The Balaban J connectivity index is 1.52. The van der Waals surface area contributed by atoms with Crippen molar-refractivity contribution in [1.82, 2.24) is 10.0 Å². The van der Waals surface area contributed by atoms with E-state index in [-0.39, 0.29) is 4.90 Å². The maximum Gasteiger partial charge on any atom is 0.327 e. The average Bonchev–Trinajstić information content (AvgIpc) is 2.81. The first kappa shape index (κ1) is 25.9. The largest absolute Gasteiger partial charge is 0.486 e. The summed E-state index contributed by atoms with van der Waals surface area (Å²) in [4.78, 5) is 35.9. The third-order valence-electron chi connectivity index (χ3n) is 4.54. The van der Waals surface area contributed by atoms with Gasteiger partial charge in [-0.1, -0.05) is 0 Å². The molecule has 35 heavy (non-hydrogen) atoms. The molecule has 0 fully saturated rings. The fraction of sp³-hybridized carbons (Fsp3) is 0.286. The third-order valence-corrected chi connectivity index (χ3v) is 6.00. The van der Waals surface area contributed by atoms with Crippen LogP contribution in [0.2, 0.25) is 0 Å². The van der Waals surface area contributed by atoms with Gasteiger partial charge in [0.05, 0.1) is 11.0 Å². The number of ether oxygens (including phenoxy) is 3. The van der Waals surface area contributed by atoms with Crippen LogP contribution in [-0.4, -0.2) is 63.4 Å². The van der Waals surface area contributed by atoms with Crippen molar-refractivity contribution in [3.05, 3.63) is 48.3 Å². The summed E-state index contributed by atoms with van der Waals surface area (Å²) in [5.41, 5.74) is 0.306. The van der Waals surface area contributed by atoms with Crippen molar-refractivity contribution in [3.63, 3.8) is 0 Å². The summed E-state index contributed by atoms with van der Waals surface area (Å²) in [6, 6.07) is 5.66. The SMILES string of the molecule is C[C@@H](O)[C@@H](NS(=O)(=O)c1ccc(F)cc1)C(=O)OCC(=O)NC(=O)Nc1ccc2c(c1)OCCO2. The van der Waals surface area contributed by atoms with Gasteiger partial charge in [0.25, 0.3) is 5.91 Å². The second-order valence-corrected chi connectivity index (χ2v) is 8.98. The number of esters is 1. The van der Waals surface area contributed by atoms with Gasteiger partial charge in [-0.05, 0) is 43.3 Å². The fourth-order valence-corrected chi connectivity index (χ4v) is 4.12. The number of hydrogen-bond acceptors (Lipinski definition) is 9. The monoisotopic (exact) mass is 511 g/mol. The number of imide groups is 1. The Morgan fingerprint density at radius 2 is 1.74 bits per heavy atom. The number of carbonyl (C=O) groups is 3. The highest BCUT2D eigenvalue weighted by molar-refractivity contribution is 7.89. The normalized spacial score (nSPS) is 14.4. The maximum atomic E-state index is 13.0. The Bertz CT molecular complexity index is 1200. The minimum atomic E-state index is -4.33. The van der Waals surface area contributed by atoms with Crippen LogP contribution in [-0.2, 0) is 24.3 Å². The van der Waals surface area contributed by atoms with Gasteiger partial charge < -0.3 is 24.6 Å². The number of carbonyl (C=O) groups excluding carboxylic acids is 3. The van der Waals surface area contributed by atoms with Crippen LogP contribution in [0.1, 0.15) is 6.92 Å². The lowest BCUT2D eigenvalue weighted by atomic mass is 10.2. The van der Waals surface area contributed by atoms with Crippen LogP contribution in [0.15, 0.2) is 47.4 Å². The molecular formula is C21H22FN3O9S. The van der Waals surface area contributed by atoms with Gasteiger partial charge in [0, 0.05) is 11.8 Å². The Morgan fingerprint density at radius 3 is 2.40 bits per heavy atom. The number of benzene rings is 2. The molecule has 4 N–H and O–H groups in total. The number of fused-ring (bicyclic) bond motifs is 1. The van der Waals surface area contributed by atoms with Crippen LogP contribution < -0.4 is 24.8 Å².